The highest BCUT2D eigenvalue weighted by atomic mass is 16.5. The normalized spacial score (nSPS) is 14.9. The number of benzene rings is 2. The molecule has 1 aliphatic heterocycles. The maximum atomic E-state index is 5.26. The molecule has 1 saturated heterocycles. The largest absolute Gasteiger partial charge is 0.497 e. The molecule has 30 heavy (non-hydrogen) atoms. The Kier molecular flexibility index (Phi) is 6.37. The quantitative estimate of drug-likeness (QED) is 0.388. The molecule has 0 bridgehead atoms. The number of imidazole rings is 1. The van der Waals surface area contributed by atoms with Gasteiger partial charge in [0.2, 0.25) is 0 Å². The van der Waals surface area contributed by atoms with E-state index in [1.54, 1.807) is 7.11 Å². The van der Waals surface area contributed by atoms with Gasteiger partial charge in [-0.15, -0.1) is 0 Å². The number of guanidine groups is 1. The fraction of sp³-hybridized carbons (Fsp3) is 0.391. The summed E-state index contributed by atoms with van der Waals surface area (Å²) in [6.45, 7) is 5.70. The third-order valence-corrected chi connectivity index (χ3v) is 5.61. The topological polar surface area (TPSA) is 57.9 Å². The Balaban J connectivity index is 1.23. The molecular formula is C23H30N6O. The maximum Gasteiger partial charge on any atom is 0.193 e. The fourth-order valence-electron chi connectivity index (χ4n) is 3.94. The van der Waals surface area contributed by atoms with Crippen molar-refractivity contribution < 1.29 is 4.74 Å². The number of aliphatic imine (C=N–C) groups is 1. The molecule has 1 aromatic heterocycles. The predicted molar refractivity (Wildman–Crippen MR) is 122 cm³/mol. The summed E-state index contributed by atoms with van der Waals surface area (Å²) in [5.41, 5.74) is 3.48. The summed E-state index contributed by atoms with van der Waals surface area (Å²) >= 11 is 0. The van der Waals surface area contributed by atoms with Crippen molar-refractivity contribution in [3.8, 4) is 5.75 Å². The first-order chi connectivity index (χ1) is 14.8. The molecule has 1 N–H and O–H groups in total. The van der Waals surface area contributed by atoms with Crippen molar-refractivity contribution in [2.24, 2.45) is 4.99 Å². The van der Waals surface area contributed by atoms with Gasteiger partial charge >= 0.3 is 0 Å². The number of hydrogen-bond donors (Lipinski definition) is 1. The Hall–Kier alpha value is -3.22. The lowest BCUT2D eigenvalue weighted by molar-refractivity contribution is 0.372. The molecule has 2 heterocycles. The molecule has 3 aromatic rings. The van der Waals surface area contributed by atoms with Crippen molar-refractivity contribution in [3.63, 3.8) is 0 Å². The number of para-hydroxylation sites is 2. The van der Waals surface area contributed by atoms with Crippen LogP contribution in [0.4, 0.5) is 5.69 Å². The van der Waals surface area contributed by atoms with Crippen molar-refractivity contribution in [1.29, 1.82) is 0 Å². The van der Waals surface area contributed by atoms with Crippen LogP contribution in [-0.2, 0) is 6.54 Å². The van der Waals surface area contributed by atoms with Crippen LogP contribution in [0.3, 0.4) is 0 Å². The summed E-state index contributed by atoms with van der Waals surface area (Å²) in [5, 5.41) is 3.53. The van der Waals surface area contributed by atoms with Gasteiger partial charge in [0.15, 0.2) is 5.96 Å². The molecule has 158 valence electrons. The first kappa shape index (κ1) is 20.1. The number of ether oxygens (including phenoxy) is 1. The van der Waals surface area contributed by atoms with Gasteiger partial charge in [0.1, 0.15) is 5.75 Å². The van der Waals surface area contributed by atoms with Gasteiger partial charge in [0.25, 0.3) is 0 Å². The van der Waals surface area contributed by atoms with Crippen molar-refractivity contribution in [3.05, 3.63) is 54.9 Å². The van der Waals surface area contributed by atoms with Gasteiger partial charge in [-0.1, -0.05) is 12.1 Å². The number of rotatable bonds is 6. The second-order valence-electron chi connectivity index (χ2n) is 7.43. The minimum Gasteiger partial charge on any atom is -0.497 e. The lowest BCUT2D eigenvalue weighted by Gasteiger charge is -2.37. The first-order valence-corrected chi connectivity index (χ1v) is 10.5. The summed E-state index contributed by atoms with van der Waals surface area (Å²) in [7, 11) is 3.56. The molecule has 0 saturated carbocycles. The summed E-state index contributed by atoms with van der Waals surface area (Å²) < 4.78 is 7.47. The summed E-state index contributed by atoms with van der Waals surface area (Å²) in [6.07, 6.45) is 2.95. The number of aromatic nitrogens is 2. The molecular weight excluding hydrogens is 376 g/mol. The third-order valence-electron chi connectivity index (χ3n) is 5.61. The van der Waals surface area contributed by atoms with Gasteiger partial charge in [-0.3, -0.25) is 4.99 Å². The molecule has 1 fully saturated rings. The summed E-state index contributed by atoms with van der Waals surface area (Å²) in [6, 6.07) is 16.6. The van der Waals surface area contributed by atoms with Crippen LogP contribution in [0.25, 0.3) is 11.0 Å². The Morgan fingerprint density at radius 1 is 1.07 bits per heavy atom. The van der Waals surface area contributed by atoms with E-state index in [2.05, 4.69) is 60.0 Å². The molecule has 4 rings (SSSR count). The smallest absolute Gasteiger partial charge is 0.193 e. The monoisotopic (exact) mass is 406 g/mol. The van der Waals surface area contributed by atoms with Crippen LogP contribution >= 0.6 is 0 Å². The van der Waals surface area contributed by atoms with Crippen LogP contribution < -0.4 is 15.0 Å². The number of fused-ring (bicyclic) bond motifs is 1. The maximum absolute atomic E-state index is 5.26. The predicted octanol–water partition coefficient (Wildman–Crippen LogP) is 2.83. The number of anilines is 1. The van der Waals surface area contributed by atoms with E-state index in [1.807, 2.05) is 31.6 Å². The van der Waals surface area contributed by atoms with Crippen molar-refractivity contribution in [2.45, 2.75) is 13.0 Å². The summed E-state index contributed by atoms with van der Waals surface area (Å²) in [4.78, 5) is 13.7. The average molecular weight is 407 g/mol. The van der Waals surface area contributed by atoms with Crippen LogP contribution in [0.5, 0.6) is 5.75 Å². The van der Waals surface area contributed by atoms with Crippen LogP contribution in [-0.4, -0.2) is 67.3 Å². The molecule has 2 aromatic carbocycles. The molecule has 0 radical (unpaired) electrons. The van der Waals surface area contributed by atoms with Crippen LogP contribution in [0.2, 0.25) is 0 Å². The number of aryl methyl sites for hydroxylation is 1. The first-order valence-electron chi connectivity index (χ1n) is 10.5. The lowest BCUT2D eigenvalue weighted by atomic mass is 10.2. The average Bonchev–Trinajstić information content (AvgIpc) is 3.22. The number of nitrogens with one attached hydrogen (secondary N) is 1. The van der Waals surface area contributed by atoms with E-state index in [-0.39, 0.29) is 0 Å². The number of nitrogens with zero attached hydrogens (tertiary/aromatic N) is 5. The van der Waals surface area contributed by atoms with Gasteiger partial charge in [0.05, 0.1) is 24.5 Å². The number of methoxy groups -OCH3 is 1. The SMILES string of the molecule is CN=C(NCCCn1cnc2ccccc21)N1CCN(c2ccc(OC)cc2)CC1. The van der Waals surface area contributed by atoms with Gasteiger partial charge < -0.3 is 24.4 Å². The van der Waals surface area contributed by atoms with Crippen molar-refractivity contribution in [1.82, 2.24) is 19.8 Å². The van der Waals surface area contributed by atoms with Gasteiger partial charge in [-0.2, -0.15) is 0 Å². The minimum absolute atomic E-state index is 0.887. The van der Waals surface area contributed by atoms with E-state index in [0.717, 1.165) is 62.9 Å². The highest BCUT2D eigenvalue weighted by Gasteiger charge is 2.19. The Morgan fingerprint density at radius 3 is 2.57 bits per heavy atom. The molecule has 0 unspecified atom stereocenters. The third kappa shape index (κ3) is 4.50. The molecule has 7 nitrogen and oxygen atoms in total. The van der Waals surface area contributed by atoms with E-state index < -0.39 is 0 Å². The van der Waals surface area contributed by atoms with Gasteiger partial charge in [-0.05, 0) is 42.8 Å². The highest BCUT2D eigenvalue weighted by Crippen LogP contribution is 2.20. The zero-order chi connectivity index (χ0) is 20.8. The number of piperazine rings is 1. The Bertz CT molecular complexity index is 973. The van der Waals surface area contributed by atoms with E-state index in [1.165, 1.54) is 11.2 Å². The number of hydrogen-bond acceptors (Lipinski definition) is 4. The highest BCUT2D eigenvalue weighted by molar-refractivity contribution is 5.80. The van der Waals surface area contributed by atoms with E-state index in [9.17, 15) is 0 Å². The molecule has 0 atom stereocenters. The van der Waals surface area contributed by atoms with E-state index in [4.69, 9.17) is 4.74 Å². The molecule has 7 heteroatoms. The Labute approximate surface area is 178 Å². The van der Waals surface area contributed by atoms with Gasteiger partial charge in [0, 0.05) is 52.0 Å². The van der Waals surface area contributed by atoms with Crippen LogP contribution in [0, 0.1) is 0 Å². The minimum atomic E-state index is 0.887. The standard InChI is InChI=1S/C23H30N6O/c1-24-23(25-12-5-13-29-18-26-21-6-3-4-7-22(21)29)28-16-14-27(15-17-28)19-8-10-20(30-2)11-9-19/h3-4,6-11,18H,5,12-17H2,1-2H3,(H,24,25). The van der Waals surface area contributed by atoms with Crippen molar-refractivity contribution in [2.75, 3.05) is 51.8 Å². The fourth-order valence-corrected chi connectivity index (χ4v) is 3.94. The molecule has 0 amide bonds. The van der Waals surface area contributed by atoms with Crippen LogP contribution in [0.15, 0.2) is 59.9 Å². The molecule has 0 spiro atoms. The Morgan fingerprint density at radius 2 is 1.83 bits per heavy atom. The molecule has 1 aliphatic rings. The van der Waals surface area contributed by atoms with E-state index in [0.29, 0.717) is 0 Å². The zero-order valence-corrected chi connectivity index (χ0v) is 17.8. The van der Waals surface area contributed by atoms with Crippen LogP contribution in [0.1, 0.15) is 6.42 Å². The summed E-state index contributed by atoms with van der Waals surface area (Å²) in [5.74, 6) is 1.88. The second-order valence-corrected chi connectivity index (χ2v) is 7.43. The molecule has 0 aliphatic carbocycles. The van der Waals surface area contributed by atoms with E-state index >= 15 is 0 Å². The second kappa shape index (κ2) is 9.52. The zero-order valence-electron chi connectivity index (χ0n) is 17.8. The van der Waals surface area contributed by atoms with Gasteiger partial charge in [-0.25, -0.2) is 4.98 Å². The van der Waals surface area contributed by atoms with Crippen molar-refractivity contribution >= 4 is 22.7 Å². The lowest BCUT2D eigenvalue weighted by Crippen LogP contribution is -2.52.